The molecule has 0 spiro atoms. The lowest BCUT2D eigenvalue weighted by atomic mass is 10.2. The van der Waals surface area contributed by atoms with Crippen LogP contribution in [0.25, 0.3) is 6.08 Å². The largest absolute Gasteiger partial charge is 0.493 e. The van der Waals surface area contributed by atoms with Crippen molar-refractivity contribution >= 4 is 45.0 Å². The first-order chi connectivity index (χ1) is 14.3. The van der Waals surface area contributed by atoms with Gasteiger partial charge in [-0.1, -0.05) is 47.5 Å². The van der Waals surface area contributed by atoms with Gasteiger partial charge in [-0.05, 0) is 53.6 Å². The van der Waals surface area contributed by atoms with Gasteiger partial charge in [0.1, 0.15) is 6.61 Å². The molecule has 30 heavy (non-hydrogen) atoms. The number of nitrogens with one attached hydrogen (secondary N) is 1. The predicted molar refractivity (Wildman–Crippen MR) is 122 cm³/mol. The summed E-state index contributed by atoms with van der Waals surface area (Å²) in [7, 11) is -2.23. The van der Waals surface area contributed by atoms with Crippen LogP contribution in [0.4, 0.5) is 5.69 Å². The van der Waals surface area contributed by atoms with Crippen LogP contribution in [0.2, 0.25) is 10.0 Å². The molecule has 5 nitrogen and oxygen atoms in total. The number of rotatable bonds is 8. The highest BCUT2D eigenvalue weighted by atomic mass is 35.5. The molecule has 1 N–H and O–H groups in total. The molecule has 0 aliphatic heterocycles. The summed E-state index contributed by atoms with van der Waals surface area (Å²) in [6, 6.07) is 19.0. The van der Waals surface area contributed by atoms with Gasteiger partial charge in [-0.25, -0.2) is 8.42 Å². The molecule has 0 fully saturated rings. The van der Waals surface area contributed by atoms with Crippen LogP contribution in [0.15, 0.2) is 72.1 Å². The van der Waals surface area contributed by atoms with Crippen molar-refractivity contribution in [1.29, 1.82) is 0 Å². The highest BCUT2D eigenvalue weighted by Crippen LogP contribution is 2.31. The van der Waals surface area contributed by atoms with E-state index in [1.165, 1.54) is 13.2 Å². The Labute approximate surface area is 185 Å². The Bertz CT molecular complexity index is 1160. The molecule has 0 atom stereocenters. The van der Waals surface area contributed by atoms with E-state index in [4.69, 9.17) is 32.7 Å². The molecule has 0 aliphatic rings. The van der Waals surface area contributed by atoms with E-state index in [9.17, 15) is 8.42 Å². The number of sulfonamides is 1. The first-order valence-electron chi connectivity index (χ1n) is 8.86. The maximum atomic E-state index is 12.4. The van der Waals surface area contributed by atoms with Crippen molar-refractivity contribution in [3.8, 4) is 11.5 Å². The SMILES string of the molecule is COc1ccc(NS(=O)(=O)/C=C/c2cccc(Cl)c2)cc1OCc1cccc(Cl)c1. The van der Waals surface area contributed by atoms with Crippen molar-refractivity contribution < 1.29 is 17.9 Å². The molecule has 0 radical (unpaired) electrons. The Kier molecular flexibility index (Phi) is 7.26. The Balaban J connectivity index is 1.74. The van der Waals surface area contributed by atoms with Crippen LogP contribution in [0.1, 0.15) is 11.1 Å². The maximum absolute atomic E-state index is 12.4. The molecule has 3 aromatic rings. The topological polar surface area (TPSA) is 64.6 Å². The highest BCUT2D eigenvalue weighted by molar-refractivity contribution is 7.95. The second-order valence-electron chi connectivity index (χ2n) is 6.29. The minimum Gasteiger partial charge on any atom is -0.493 e. The summed E-state index contributed by atoms with van der Waals surface area (Å²) in [5.74, 6) is 0.881. The lowest BCUT2D eigenvalue weighted by molar-refractivity contribution is 0.285. The number of hydrogen-bond acceptors (Lipinski definition) is 4. The average molecular weight is 464 g/mol. The second kappa shape index (κ2) is 9.89. The molecule has 0 saturated heterocycles. The van der Waals surface area contributed by atoms with E-state index in [0.717, 1.165) is 11.0 Å². The lowest BCUT2D eigenvalue weighted by Gasteiger charge is -2.13. The van der Waals surface area contributed by atoms with Gasteiger partial charge in [0, 0.05) is 16.1 Å². The van der Waals surface area contributed by atoms with Gasteiger partial charge < -0.3 is 9.47 Å². The van der Waals surface area contributed by atoms with Crippen LogP contribution in [0.5, 0.6) is 11.5 Å². The van der Waals surface area contributed by atoms with Crippen molar-refractivity contribution in [2.24, 2.45) is 0 Å². The number of anilines is 1. The molecule has 0 saturated carbocycles. The monoisotopic (exact) mass is 463 g/mol. The van der Waals surface area contributed by atoms with Crippen molar-refractivity contribution in [1.82, 2.24) is 0 Å². The summed E-state index contributed by atoms with van der Waals surface area (Å²) in [5, 5.41) is 2.21. The van der Waals surface area contributed by atoms with Crippen LogP contribution in [-0.4, -0.2) is 15.5 Å². The number of halogens is 2. The van der Waals surface area contributed by atoms with Gasteiger partial charge in [-0.15, -0.1) is 0 Å². The van der Waals surface area contributed by atoms with E-state index in [1.807, 2.05) is 12.1 Å². The summed E-state index contributed by atoms with van der Waals surface area (Å²) in [6.07, 6.45) is 1.47. The van der Waals surface area contributed by atoms with Crippen molar-refractivity contribution in [2.75, 3.05) is 11.8 Å². The fourth-order valence-electron chi connectivity index (χ4n) is 2.62. The van der Waals surface area contributed by atoms with Gasteiger partial charge in [-0.3, -0.25) is 4.72 Å². The summed E-state index contributed by atoms with van der Waals surface area (Å²) >= 11 is 11.9. The first kappa shape index (κ1) is 22.0. The van der Waals surface area contributed by atoms with Crippen LogP contribution >= 0.6 is 23.2 Å². The summed E-state index contributed by atoms with van der Waals surface area (Å²) in [5.41, 5.74) is 1.89. The lowest BCUT2D eigenvalue weighted by Crippen LogP contribution is -2.09. The maximum Gasteiger partial charge on any atom is 0.255 e. The average Bonchev–Trinajstić information content (AvgIpc) is 2.71. The summed E-state index contributed by atoms with van der Waals surface area (Å²) < 4.78 is 38.5. The van der Waals surface area contributed by atoms with Crippen LogP contribution in [0.3, 0.4) is 0 Å². The molecule has 156 valence electrons. The third kappa shape index (κ3) is 6.42. The molecule has 3 rings (SSSR count). The Morgan fingerprint density at radius 2 is 1.67 bits per heavy atom. The minimum atomic E-state index is -3.74. The number of methoxy groups -OCH3 is 1. The van der Waals surface area contributed by atoms with Crippen molar-refractivity contribution in [2.45, 2.75) is 6.61 Å². The quantitative estimate of drug-likeness (QED) is 0.445. The minimum absolute atomic E-state index is 0.252. The normalized spacial score (nSPS) is 11.4. The number of benzene rings is 3. The van der Waals surface area contributed by atoms with Crippen molar-refractivity contribution in [3.63, 3.8) is 0 Å². The molecular formula is C22H19Cl2NO4S. The van der Waals surface area contributed by atoms with Gasteiger partial charge in [-0.2, -0.15) is 0 Å². The molecule has 0 heterocycles. The fraction of sp³-hybridized carbons (Fsp3) is 0.0909. The molecular weight excluding hydrogens is 445 g/mol. The zero-order chi connectivity index (χ0) is 21.6. The Morgan fingerprint density at radius 1 is 0.933 bits per heavy atom. The van der Waals surface area contributed by atoms with Gasteiger partial charge >= 0.3 is 0 Å². The van der Waals surface area contributed by atoms with Crippen LogP contribution < -0.4 is 14.2 Å². The first-order valence-corrected chi connectivity index (χ1v) is 11.2. The number of ether oxygens (including phenoxy) is 2. The third-order valence-corrected chi connectivity index (χ3v) is 5.48. The zero-order valence-electron chi connectivity index (χ0n) is 16.0. The van der Waals surface area contributed by atoms with Gasteiger partial charge in [0.05, 0.1) is 18.2 Å². The van der Waals surface area contributed by atoms with Gasteiger partial charge in [0.25, 0.3) is 10.0 Å². The molecule has 8 heteroatoms. The molecule has 0 amide bonds. The van der Waals surface area contributed by atoms with E-state index >= 15 is 0 Å². The fourth-order valence-corrected chi connectivity index (χ4v) is 3.89. The number of hydrogen-bond donors (Lipinski definition) is 1. The highest BCUT2D eigenvalue weighted by Gasteiger charge is 2.11. The smallest absolute Gasteiger partial charge is 0.255 e. The van der Waals surface area contributed by atoms with Crippen LogP contribution in [0, 0.1) is 0 Å². The van der Waals surface area contributed by atoms with E-state index in [0.29, 0.717) is 32.8 Å². The van der Waals surface area contributed by atoms with E-state index < -0.39 is 10.0 Å². The Hall–Kier alpha value is -2.67. The molecule has 0 aliphatic carbocycles. The summed E-state index contributed by atoms with van der Waals surface area (Å²) in [6.45, 7) is 0.252. The predicted octanol–water partition coefficient (Wildman–Crippen LogP) is 5.99. The molecule has 3 aromatic carbocycles. The van der Waals surface area contributed by atoms with E-state index in [2.05, 4.69) is 4.72 Å². The van der Waals surface area contributed by atoms with Crippen molar-refractivity contribution in [3.05, 3.63) is 93.3 Å². The third-order valence-electron chi connectivity index (χ3n) is 4.00. The standard InChI is InChI=1S/C22H19Cl2NO4S/c1-28-21-9-8-20(14-22(21)29-15-17-5-3-7-19(24)13-17)25-30(26,27)11-10-16-4-2-6-18(23)12-16/h2-14,25H,15H2,1H3/b11-10+. The van der Waals surface area contributed by atoms with Crippen LogP contribution in [-0.2, 0) is 16.6 Å². The second-order valence-corrected chi connectivity index (χ2v) is 8.73. The van der Waals surface area contributed by atoms with E-state index in [1.54, 1.807) is 54.6 Å². The molecule has 0 aromatic heterocycles. The molecule has 0 bridgehead atoms. The summed E-state index contributed by atoms with van der Waals surface area (Å²) in [4.78, 5) is 0. The zero-order valence-corrected chi connectivity index (χ0v) is 18.3. The Morgan fingerprint density at radius 3 is 2.37 bits per heavy atom. The van der Waals surface area contributed by atoms with Gasteiger partial charge in [0.2, 0.25) is 0 Å². The van der Waals surface area contributed by atoms with E-state index in [-0.39, 0.29) is 6.61 Å². The van der Waals surface area contributed by atoms with Gasteiger partial charge in [0.15, 0.2) is 11.5 Å². The molecule has 0 unspecified atom stereocenters.